The van der Waals surface area contributed by atoms with Crippen LogP contribution in [0.2, 0.25) is 0 Å². The minimum atomic E-state index is -0.0292. The van der Waals surface area contributed by atoms with E-state index in [1.165, 1.54) is 5.56 Å². The number of rotatable bonds is 7. The monoisotopic (exact) mass is 369 g/mol. The maximum atomic E-state index is 12.2. The Morgan fingerprint density at radius 3 is 3.15 bits per heavy atom. The molecule has 1 N–H and O–H groups in total. The van der Waals surface area contributed by atoms with Crippen molar-refractivity contribution in [2.75, 3.05) is 24.5 Å². The van der Waals surface area contributed by atoms with Gasteiger partial charge >= 0.3 is 0 Å². The molecular formula is C22H31N3O2. The van der Waals surface area contributed by atoms with Crippen molar-refractivity contribution in [3.63, 3.8) is 0 Å². The summed E-state index contributed by atoms with van der Waals surface area (Å²) in [6.45, 7) is 6.74. The number of nitrogens with one attached hydrogen (secondary N) is 1. The second-order valence-electron chi connectivity index (χ2n) is 8.37. The summed E-state index contributed by atoms with van der Waals surface area (Å²) in [5.74, 6) is 2.13. The normalized spacial score (nSPS) is 31.6. The first-order valence-corrected chi connectivity index (χ1v) is 10.3. The van der Waals surface area contributed by atoms with Gasteiger partial charge in [0.1, 0.15) is 5.82 Å². The quantitative estimate of drug-likeness (QED) is 0.592. The number of aromatic nitrogens is 1. The minimum Gasteiger partial charge on any atom is -0.369 e. The van der Waals surface area contributed by atoms with E-state index in [1.807, 2.05) is 19.2 Å². The lowest BCUT2D eigenvalue weighted by atomic mass is 9.73. The summed E-state index contributed by atoms with van der Waals surface area (Å²) in [5, 5.41) is 3.18. The molecule has 1 amide bonds. The summed E-state index contributed by atoms with van der Waals surface area (Å²) in [5.41, 5.74) is 1.15. The van der Waals surface area contributed by atoms with Crippen LogP contribution >= 0.6 is 0 Å². The molecule has 0 unspecified atom stereocenters. The number of nitrogens with zero attached hydrogens (tertiary/aromatic N) is 2. The minimum absolute atomic E-state index is 0.0292. The first kappa shape index (κ1) is 18.5. The van der Waals surface area contributed by atoms with Gasteiger partial charge in [-0.1, -0.05) is 18.2 Å². The lowest BCUT2D eigenvalue weighted by Gasteiger charge is -2.29. The fourth-order valence-electron chi connectivity index (χ4n) is 5.15. The smallest absolute Gasteiger partial charge is 0.220 e. The molecular weight excluding hydrogens is 338 g/mol. The summed E-state index contributed by atoms with van der Waals surface area (Å²) >= 11 is 0. The van der Waals surface area contributed by atoms with E-state index >= 15 is 0 Å². The fourth-order valence-corrected chi connectivity index (χ4v) is 5.15. The highest BCUT2D eigenvalue weighted by atomic mass is 16.5. The molecule has 3 aliphatic heterocycles. The van der Waals surface area contributed by atoms with Crippen LogP contribution in [-0.4, -0.2) is 42.2 Å². The van der Waals surface area contributed by atoms with Gasteiger partial charge < -0.3 is 15.0 Å². The molecule has 0 saturated carbocycles. The number of amides is 1. The van der Waals surface area contributed by atoms with Crippen molar-refractivity contribution >= 4 is 11.7 Å². The summed E-state index contributed by atoms with van der Waals surface area (Å²) in [6, 6.07) is 4.23. The van der Waals surface area contributed by atoms with Crippen LogP contribution in [0, 0.1) is 18.8 Å². The maximum Gasteiger partial charge on any atom is 0.220 e. The number of allylic oxidation sites excluding steroid dienone is 2. The Morgan fingerprint density at radius 1 is 1.48 bits per heavy atom. The Hall–Kier alpha value is -1.88. The van der Waals surface area contributed by atoms with Crippen molar-refractivity contribution in [2.24, 2.45) is 11.8 Å². The van der Waals surface area contributed by atoms with E-state index in [4.69, 9.17) is 4.74 Å². The predicted molar refractivity (Wildman–Crippen MR) is 107 cm³/mol. The maximum absolute atomic E-state index is 12.2. The number of carbonyl (C=O) groups is 1. The van der Waals surface area contributed by atoms with Crippen molar-refractivity contribution < 1.29 is 9.53 Å². The van der Waals surface area contributed by atoms with Crippen LogP contribution in [0.3, 0.4) is 0 Å². The number of unbranched alkanes of at least 4 members (excludes halogenated alkanes) is 1. The van der Waals surface area contributed by atoms with Gasteiger partial charge in [-0.05, 0) is 51.2 Å². The number of ether oxygens (including phenoxy) is 1. The molecule has 27 heavy (non-hydrogen) atoms. The Bertz CT molecular complexity index is 702. The number of anilines is 1. The first-order chi connectivity index (χ1) is 13.1. The zero-order valence-corrected chi connectivity index (χ0v) is 16.5. The first-order valence-electron chi connectivity index (χ1n) is 10.3. The number of hydrogen-bond donors (Lipinski definition) is 1. The molecule has 1 aromatic heterocycles. The van der Waals surface area contributed by atoms with Crippen LogP contribution in [-0.2, 0) is 9.53 Å². The molecule has 0 aliphatic carbocycles. The molecule has 146 valence electrons. The second-order valence-corrected chi connectivity index (χ2v) is 8.37. The number of hydrogen-bond acceptors (Lipinski definition) is 4. The summed E-state index contributed by atoms with van der Waals surface area (Å²) < 4.78 is 6.49. The highest BCUT2D eigenvalue weighted by Gasteiger charge is 2.63. The van der Waals surface area contributed by atoms with Crippen LogP contribution in [0.25, 0.3) is 0 Å². The third-order valence-electron chi connectivity index (χ3n) is 6.55. The third-order valence-corrected chi connectivity index (χ3v) is 6.55. The van der Waals surface area contributed by atoms with E-state index in [2.05, 4.69) is 40.3 Å². The highest BCUT2D eigenvalue weighted by Crippen LogP contribution is 2.55. The van der Waals surface area contributed by atoms with Crippen molar-refractivity contribution in [1.82, 2.24) is 10.3 Å². The average molecular weight is 370 g/mol. The van der Waals surface area contributed by atoms with E-state index in [1.54, 1.807) is 0 Å². The Morgan fingerprint density at radius 2 is 2.37 bits per heavy atom. The van der Waals surface area contributed by atoms with E-state index in [9.17, 15) is 4.79 Å². The third kappa shape index (κ3) is 3.62. The molecule has 0 radical (unpaired) electrons. The number of carbonyl (C=O) groups excluding carboxylic acids is 1. The zero-order valence-electron chi connectivity index (χ0n) is 16.5. The van der Waals surface area contributed by atoms with Crippen molar-refractivity contribution in [3.8, 4) is 0 Å². The molecule has 3 aliphatic rings. The van der Waals surface area contributed by atoms with Crippen LogP contribution in [0.4, 0.5) is 5.82 Å². The van der Waals surface area contributed by atoms with Crippen LogP contribution in [0.15, 0.2) is 30.5 Å². The predicted octanol–water partition coefficient (Wildman–Crippen LogP) is 3.24. The largest absolute Gasteiger partial charge is 0.369 e. The molecule has 3 saturated heterocycles. The van der Waals surface area contributed by atoms with E-state index in [0.717, 1.165) is 51.1 Å². The zero-order chi connectivity index (χ0) is 18.9. The summed E-state index contributed by atoms with van der Waals surface area (Å²) in [6.07, 6.45) is 11.2. The van der Waals surface area contributed by atoms with Crippen LogP contribution in [0.1, 0.15) is 44.6 Å². The molecule has 0 aromatic carbocycles. The van der Waals surface area contributed by atoms with Gasteiger partial charge in [0.05, 0.1) is 11.7 Å². The SMILES string of the molecule is C/C=C/CCCC(=O)NC[C@H]1[C@H]2CN(c3ccc(C)cn3)C[C@]23CC[C@H]1O3. The molecule has 2 bridgehead atoms. The van der Waals surface area contributed by atoms with Crippen molar-refractivity contribution in [2.45, 2.75) is 57.7 Å². The van der Waals surface area contributed by atoms with E-state index in [0.29, 0.717) is 24.4 Å². The second kappa shape index (κ2) is 7.63. The highest BCUT2D eigenvalue weighted by molar-refractivity contribution is 5.75. The van der Waals surface area contributed by atoms with Gasteiger partial charge in [0.2, 0.25) is 5.91 Å². The molecule has 1 aromatic rings. The van der Waals surface area contributed by atoms with Gasteiger partial charge in [-0.3, -0.25) is 4.79 Å². The van der Waals surface area contributed by atoms with Crippen molar-refractivity contribution in [3.05, 3.63) is 36.0 Å². The van der Waals surface area contributed by atoms with Crippen molar-refractivity contribution in [1.29, 1.82) is 0 Å². The van der Waals surface area contributed by atoms with Gasteiger partial charge in [0, 0.05) is 44.1 Å². The molecule has 5 nitrogen and oxygen atoms in total. The number of fused-ring (bicyclic) bond motifs is 1. The van der Waals surface area contributed by atoms with Gasteiger partial charge in [-0.2, -0.15) is 0 Å². The number of pyridine rings is 1. The van der Waals surface area contributed by atoms with Gasteiger partial charge in [-0.25, -0.2) is 4.98 Å². The average Bonchev–Trinajstić information content (AvgIpc) is 3.32. The van der Waals surface area contributed by atoms with E-state index < -0.39 is 0 Å². The molecule has 4 atom stereocenters. The Kier molecular flexibility index (Phi) is 5.22. The van der Waals surface area contributed by atoms with Crippen LogP contribution in [0.5, 0.6) is 0 Å². The topological polar surface area (TPSA) is 54.5 Å². The summed E-state index contributed by atoms with van der Waals surface area (Å²) in [7, 11) is 0. The van der Waals surface area contributed by atoms with E-state index in [-0.39, 0.29) is 11.5 Å². The van der Waals surface area contributed by atoms with Gasteiger partial charge in [0.25, 0.3) is 0 Å². The number of aryl methyl sites for hydroxylation is 1. The van der Waals surface area contributed by atoms with Gasteiger partial charge in [0.15, 0.2) is 0 Å². The lowest BCUT2D eigenvalue weighted by Crippen LogP contribution is -2.41. The summed E-state index contributed by atoms with van der Waals surface area (Å²) in [4.78, 5) is 19.2. The molecule has 1 spiro atoms. The molecule has 3 fully saturated rings. The fraction of sp³-hybridized carbons (Fsp3) is 0.636. The standard InChI is InChI=1S/C22H31N3O2/c1-3-4-5-6-7-21(26)24-13-17-18-14-25(20-9-8-16(2)12-23-20)15-22(18)11-10-19(17)27-22/h3-4,8-9,12,17-19H,5-7,10-11,13-15H2,1-2H3,(H,24,26)/b4-3+/t17-,18+,19+,22+/m0/s1. The van der Waals surface area contributed by atoms with Crippen LogP contribution < -0.4 is 10.2 Å². The molecule has 4 heterocycles. The Labute approximate surface area is 162 Å². The lowest BCUT2D eigenvalue weighted by molar-refractivity contribution is -0.121. The van der Waals surface area contributed by atoms with Gasteiger partial charge in [-0.15, -0.1) is 0 Å². The molecule has 5 heteroatoms. The molecule has 4 rings (SSSR count). The Balaban J connectivity index is 1.35.